The molecule has 0 radical (unpaired) electrons. The van der Waals surface area contributed by atoms with Gasteiger partial charge in [-0.25, -0.2) is 0 Å². The standard InChI is InChI=1S/C8H20N2OS2/c1-5(9)12-7(3)11-8(4)13-6(2)10/h5-8H,9-10H2,1-4H3. The second-order valence-electron chi connectivity index (χ2n) is 2.95. The molecule has 3 nitrogen and oxygen atoms in total. The van der Waals surface area contributed by atoms with Crippen molar-refractivity contribution in [3.63, 3.8) is 0 Å². The van der Waals surface area contributed by atoms with Crippen LogP contribution >= 0.6 is 23.5 Å². The topological polar surface area (TPSA) is 61.3 Å². The van der Waals surface area contributed by atoms with Crippen molar-refractivity contribution in [2.24, 2.45) is 11.5 Å². The van der Waals surface area contributed by atoms with Gasteiger partial charge in [0.15, 0.2) is 0 Å². The van der Waals surface area contributed by atoms with Crippen molar-refractivity contribution in [3.8, 4) is 0 Å². The molecule has 0 spiro atoms. The van der Waals surface area contributed by atoms with Crippen LogP contribution in [0.25, 0.3) is 0 Å². The summed E-state index contributed by atoms with van der Waals surface area (Å²) < 4.78 is 5.64. The van der Waals surface area contributed by atoms with Crippen LogP contribution in [0.15, 0.2) is 0 Å². The highest BCUT2D eigenvalue weighted by molar-refractivity contribution is 8.01. The maximum Gasteiger partial charge on any atom is 0.103 e. The fourth-order valence-corrected chi connectivity index (χ4v) is 2.68. The van der Waals surface area contributed by atoms with E-state index in [0.29, 0.717) is 0 Å². The van der Waals surface area contributed by atoms with Crippen molar-refractivity contribution in [2.75, 3.05) is 0 Å². The molecule has 0 saturated carbocycles. The molecule has 0 rings (SSSR count). The monoisotopic (exact) mass is 224 g/mol. The molecule has 0 amide bonds. The third-order valence-corrected chi connectivity index (χ3v) is 3.04. The minimum atomic E-state index is 0.113. The molecule has 0 saturated heterocycles. The summed E-state index contributed by atoms with van der Waals surface area (Å²) in [5.41, 5.74) is 11.5. The maximum atomic E-state index is 5.64. The van der Waals surface area contributed by atoms with E-state index in [-0.39, 0.29) is 21.6 Å². The zero-order valence-corrected chi connectivity index (χ0v) is 10.3. The number of hydrogen-bond donors (Lipinski definition) is 2. The van der Waals surface area contributed by atoms with Crippen LogP contribution in [-0.4, -0.2) is 21.6 Å². The highest BCUT2D eigenvalue weighted by Crippen LogP contribution is 2.22. The van der Waals surface area contributed by atoms with E-state index in [1.165, 1.54) is 0 Å². The lowest BCUT2D eigenvalue weighted by Crippen LogP contribution is -2.21. The van der Waals surface area contributed by atoms with E-state index in [4.69, 9.17) is 16.2 Å². The first-order chi connectivity index (χ1) is 5.91. The Kier molecular flexibility index (Phi) is 7.26. The van der Waals surface area contributed by atoms with Crippen LogP contribution in [0.5, 0.6) is 0 Å². The Bertz CT molecular complexity index is 119. The molecular weight excluding hydrogens is 204 g/mol. The Balaban J connectivity index is 3.58. The van der Waals surface area contributed by atoms with Crippen molar-refractivity contribution >= 4 is 23.5 Å². The molecule has 4 atom stereocenters. The van der Waals surface area contributed by atoms with Gasteiger partial charge < -0.3 is 16.2 Å². The molecule has 0 aromatic heterocycles. The molecule has 80 valence electrons. The van der Waals surface area contributed by atoms with Gasteiger partial charge in [0.25, 0.3) is 0 Å². The summed E-state index contributed by atoms with van der Waals surface area (Å²) in [5.74, 6) is 0. The molecule has 0 fully saturated rings. The van der Waals surface area contributed by atoms with Crippen LogP contribution in [0.3, 0.4) is 0 Å². The Hall–Kier alpha value is 0.580. The Labute approximate surface area is 89.3 Å². The summed E-state index contributed by atoms with van der Waals surface area (Å²) >= 11 is 3.22. The minimum Gasteiger partial charge on any atom is -0.354 e. The zero-order chi connectivity index (χ0) is 10.4. The summed E-state index contributed by atoms with van der Waals surface area (Å²) in [6, 6.07) is 0. The minimum absolute atomic E-state index is 0.113. The third kappa shape index (κ3) is 8.90. The van der Waals surface area contributed by atoms with E-state index in [0.717, 1.165) is 0 Å². The van der Waals surface area contributed by atoms with Gasteiger partial charge in [-0.1, -0.05) is 0 Å². The van der Waals surface area contributed by atoms with Gasteiger partial charge in [0.1, 0.15) is 10.9 Å². The van der Waals surface area contributed by atoms with E-state index in [2.05, 4.69) is 0 Å². The zero-order valence-electron chi connectivity index (χ0n) is 8.69. The number of nitrogens with two attached hydrogens (primary N) is 2. The molecular formula is C8H20N2OS2. The van der Waals surface area contributed by atoms with E-state index in [1.54, 1.807) is 23.5 Å². The van der Waals surface area contributed by atoms with Crippen molar-refractivity contribution in [3.05, 3.63) is 0 Å². The van der Waals surface area contributed by atoms with Gasteiger partial charge in [-0.15, -0.1) is 23.5 Å². The fourth-order valence-electron chi connectivity index (χ4n) is 0.939. The quantitative estimate of drug-likeness (QED) is 0.673. The number of rotatable bonds is 6. The number of ether oxygens (including phenoxy) is 1. The van der Waals surface area contributed by atoms with Crippen LogP contribution in [-0.2, 0) is 4.74 Å². The first kappa shape index (κ1) is 13.6. The molecule has 0 aromatic rings. The second kappa shape index (κ2) is 6.95. The van der Waals surface area contributed by atoms with Gasteiger partial charge in [-0.3, -0.25) is 0 Å². The molecule has 0 aliphatic carbocycles. The Morgan fingerprint density at radius 3 is 1.38 bits per heavy atom. The normalized spacial score (nSPS) is 20.8. The van der Waals surface area contributed by atoms with Crippen molar-refractivity contribution in [1.82, 2.24) is 0 Å². The van der Waals surface area contributed by atoms with Gasteiger partial charge in [0.05, 0.1) is 10.7 Å². The van der Waals surface area contributed by atoms with Crippen molar-refractivity contribution < 1.29 is 4.74 Å². The summed E-state index contributed by atoms with van der Waals surface area (Å²) in [5, 5.41) is 0.227. The molecule has 13 heavy (non-hydrogen) atoms. The summed E-state index contributed by atoms with van der Waals surface area (Å²) in [6.45, 7) is 7.92. The van der Waals surface area contributed by atoms with Crippen LogP contribution in [0, 0.1) is 0 Å². The fraction of sp³-hybridized carbons (Fsp3) is 1.00. The predicted octanol–water partition coefficient (Wildman–Crippen LogP) is 1.77. The smallest absolute Gasteiger partial charge is 0.103 e. The Morgan fingerprint density at radius 1 is 0.846 bits per heavy atom. The highest BCUT2D eigenvalue weighted by Gasteiger charge is 2.12. The first-order valence-electron chi connectivity index (χ1n) is 4.39. The lowest BCUT2D eigenvalue weighted by Gasteiger charge is -2.20. The molecule has 0 bridgehead atoms. The van der Waals surface area contributed by atoms with Crippen LogP contribution < -0.4 is 11.5 Å². The second-order valence-corrected chi connectivity index (χ2v) is 6.31. The SMILES string of the molecule is CC(N)SC(C)OC(C)SC(C)N. The van der Waals surface area contributed by atoms with Gasteiger partial charge in [0.2, 0.25) is 0 Å². The molecule has 5 heteroatoms. The van der Waals surface area contributed by atoms with E-state index < -0.39 is 0 Å². The molecule has 0 aliphatic heterocycles. The molecule has 4 N–H and O–H groups in total. The van der Waals surface area contributed by atoms with Gasteiger partial charge >= 0.3 is 0 Å². The number of hydrogen-bond acceptors (Lipinski definition) is 5. The lowest BCUT2D eigenvalue weighted by atomic mass is 10.8. The van der Waals surface area contributed by atoms with Crippen LogP contribution in [0.1, 0.15) is 27.7 Å². The van der Waals surface area contributed by atoms with Gasteiger partial charge in [-0.05, 0) is 27.7 Å². The summed E-state index contributed by atoms with van der Waals surface area (Å²) in [7, 11) is 0. The lowest BCUT2D eigenvalue weighted by molar-refractivity contribution is 0.113. The first-order valence-corrected chi connectivity index (χ1v) is 6.28. The molecule has 0 aliphatic rings. The van der Waals surface area contributed by atoms with Gasteiger partial charge in [-0.2, -0.15) is 0 Å². The average molecular weight is 224 g/mol. The predicted molar refractivity (Wildman–Crippen MR) is 62.5 cm³/mol. The summed E-state index contributed by atoms with van der Waals surface area (Å²) in [6.07, 6.45) is 0. The van der Waals surface area contributed by atoms with Crippen molar-refractivity contribution in [2.45, 2.75) is 49.3 Å². The van der Waals surface area contributed by atoms with Gasteiger partial charge in [0, 0.05) is 0 Å². The summed E-state index contributed by atoms with van der Waals surface area (Å²) in [4.78, 5) is 0. The number of thioether (sulfide) groups is 2. The third-order valence-electron chi connectivity index (χ3n) is 1.20. The average Bonchev–Trinajstić information content (AvgIpc) is 1.80. The molecule has 0 aromatic carbocycles. The van der Waals surface area contributed by atoms with Crippen LogP contribution in [0.4, 0.5) is 0 Å². The molecule has 4 unspecified atom stereocenters. The van der Waals surface area contributed by atoms with Crippen molar-refractivity contribution in [1.29, 1.82) is 0 Å². The maximum absolute atomic E-state index is 5.64. The Morgan fingerprint density at radius 2 is 1.15 bits per heavy atom. The van der Waals surface area contributed by atoms with E-state index in [9.17, 15) is 0 Å². The highest BCUT2D eigenvalue weighted by atomic mass is 32.2. The largest absolute Gasteiger partial charge is 0.354 e. The van der Waals surface area contributed by atoms with E-state index >= 15 is 0 Å². The molecule has 0 heterocycles. The van der Waals surface area contributed by atoms with E-state index in [1.807, 2.05) is 27.7 Å². The van der Waals surface area contributed by atoms with Crippen LogP contribution in [0.2, 0.25) is 0 Å².